The fourth-order valence-corrected chi connectivity index (χ4v) is 1.71. The van der Waals surface area contributed by atoms with Gasteiger partial charge < -0.3 is 10.1 Å². The van der Waals surface area contributed by atoms with Crippen LogP contribution in [0.15, 0.2) is 24.3 Å². The van der Waals surface area contributed by atoms with Gasteiger partial charge in [0.1, 0.15) is 5.82 Å². The highest BCUT2D eigenvalue weighted by Gasteiger charge is 2.08. The maximum atomic E-state index is 13.0. The van der Waals surface area contributed by atoms with Crippen LogP contribution in [-0.2, 0) is 20.9 Å². The summed E-state index contributed by atoms with van der Waals surface area (Å²) in [5.74, 6) is -0.843. The molecule has 0 fully saturated rings. The summed E-state index contributed by atoms with van der Waals surface area (Å²) in [5.41, 5.74) is 0.801. The average Bonchev–Trinajstić information content (AvgIpc) is 2.38. The highest BCUT2D eigenvalue weighted by molar-refractivity contribution is 5.78. The van der Waals surface area contributed by atoms with Gasteiger partial charge in [0.05, 0.1) is 20.1 Å². The molecule has 20 heavy (non-hydrogen) atoms. The zero-order valence-electron chi connectivity index (χ0n) is 11.7. The van der Waals surface area contributed by atoms with E-state index in [0.717, 1.165) is 5.56 Å². The number of carbonyl (C=O) groups excluding carboxylic acids is 2. The molecule has 110 valence electrons. The molecule has 0 saturated carbocycles. The third-order valence-corrected chi connectivity index (χ3v) is 2.63. The molecule has 6 heteroatoms. The Kier molecular flexibility index (Phi) is 6.66. The van der Waals surface area contributed by atoms with Gasteiger partial charge in [-0.1, -0.05) is 12.1 Å². The number of ether oxygens (including phenoxy) is 1. The third-order valence-electron chi connectivity index (χ3n) is 2.63. The van der Waals surface area contributed by atoms with Gasteiger partial charge in [0.25, 0.3) is 0 Å². The van der Waals surface area contributed by atoms with Gasteiger partial charge in [-0.3, -0.25) is 14.5 Å². The smallest absolute Gasteiger partial charge is 0.307 e. The van der Waals surface area contributed by atoms with E-state index in [9.17, 15) is 14.0 Å². The maximum absolute atomic E-state index is 13.0. The van der Waals surface area contributed by atoms with Gasteiger partial charge in [0, 0.05) is 13.1 Å². The van der Waals surface area contributed by atoms with Crippen LogP contribution in [0.1, 0.15) is 12.0 Å². The van der Waals surface area contributed by atoms with Gasteiger partial charge in [-0.25, -0.2) is 4.39 Å². The van der Waals surface area contributed by atoms with Crippen molar-refractivity contribution in [2.75, 3.05) is 27.2 Å². The molecule has 1 aromatic rings. The first-order valence-corrected chi connectivity index (χ1v) is 6.27. The minimum Gasteiger partial charge on any atom is -0.469 e. The molecule has 0 unspecified atom stereocenters. The molecule has 0 bridgehead atoms. The van der Waals surface area contributed by atoms with E-state index in [-0.39, 0.29) is 37.2 Å². The summed E-state index contributed by atoms with van der Waals surface area (Å²) in [6.07, 6.45) is 0.149. The molecule has 1 amide bonds. The second kappa shape index (κ2) is 8.27. The van der Waals surface area contributed by atoms with Crippen LogP contribution in [0.25, 0.3) is 0 Å². The van der Waals surface area contributed by atoms with Crippen LogP contribution < -0.4 is 5.32 Å². The number of hydrogen-bond donors (Lipinski definition) is 1. The second-order valence-electron chi connectivity index (χ2n) is 4.48. The zero-order valence-corrected chi connectivity index (χ0v) is 11.7. The SMILES string of the molecule is COC(=O)CCNC(=O)CN(C)Cc1cccc(F)c1. The molecule has 1 aromatic carbocycles. The average molecular weight is 282 g/mol. The molecule has 0 aromatic heterocycles. The number of benzene rings is 1. The Morgan fingerprint density at radius 3 is 2.80 bits per heavy atom. The fourth-order valence-electron chi connectivity index (χ4n) is 1.71. The quantitative estimate of drug-likeness (QED) is 0.756. The van der Waals surface area contributed by atoms with Crippen molar-refractivity contribution in [3.8, 4) is 0 Å². The summed E-state index contributed by atoms with van der Waals surface area (Å²) in [7, 11) is 3.07. The Morgan fingerprint density at radius 1 is 1.40 bits per heavy atom. The number of amides is 1. The van der Waals surface area contributed by atoms with Gasteiger partial charge in [-0.05, 0) is 24.7 Å². The summed E-state index contributed by atoms with van der Waals surface area (Å²) >= 11 is 0. The third kappa shape index (κ3) is 6.29. The Balaban J connectivity index is 2.29. The number of hydrogen-bond acceptors (Lipinski definition) is 4. The molecule has 0 aliphatic rings. The van der Waals surface area contributed by atoms with E-state index in [1.807, 2.05) is 0 Å². The Labute approximate surface area is 117 Å². The molecule has 0 radical (unpaired) electrons. The van der Waals surface area contributed by atoms with E-state index >= 15 is 0 Å². The van der Waals surface area contributed by atoms with Crippen LogP contribution >= 0.6 is 0 Å². The highest BCUT2D eigenvalue weighted by Crippen LogP contribution is 2.05. The number of halogens is 1. The van der Waals surface area contributed by atoms with Crippen LogP contribution in [-0.4, -0.2) is 44.0 Å². The van der Waals surface area contributed by atoms with Crippen molar-refractivity contribution in [3.63, 3.8) is 0 Å². The van der Waals surface area contributed by atoms with Crippen molar-refractivity contribution in [3.05, 3.63) is 35.6 Å². The van der Waals surface area contributed by atoms with E-state index in [1.54, 1.807) is 24.1 Å². The van der Waals surface area contributed by atoms with Gasteiger partial charge in [0.2, 0.25) is 5.91 Å². The second-order valence-corrected chi connectivity index (χ2v) is 4.48. The van der Waals surface area contributed by atoms with E-state index in [1.165, 1.54) is 19.2 Å². The minimum absolute atomic E-state index is 0.149. The van der Waals surface area contributed by atoms with Crippen molar-refractivity contribution in [2.45, 2.75) is 13.0 Å². The van der Waals surface area contributed by atoms with Crippen LogP contribution in [0.2, 0.25) is 0 Å². The summed E-state index contributed by atoms with van der Waals surface area (Å²) in [6.45, 7) is 0.902. The van der Waals surface area contributed by atoms with Crippen molar-refractivity contribution in [1.29, 1.82) is 0 Å². The lowest BCUT2D eigenvalue weighted by Gasteiger charge is -2.16. The van der Waals surface area contributed by atoms with Crippen molar-refractivity contribution in [2.24, 2.45) is 0 Å². The van der Waals surface area contributed by atoms with E-state index in [0.29, 0.717) is 6.54 Å². The molecule has 0 aliphatic heterocycles. The first-order chi connectivity index (χ1) is 9.51. The first-order valence-electron chi connectivity index (χ1n) is 6.27. The molecule has 0 atom stereocenters. The topological polar surface area (TPSA) is 58.6 Å². The number of likely N-dealkylation sites (N-methyl/N-ethyl adjacent to an activating group) is 1. The standard InChI is InChI=1S/C14H19FN2O3/c1-17(9-11-4-3-5-12(15)8-11)10-13(18)16-7-6-14(19)20-2/h3-5,8H,6-7,9-10H2,1-2H3,(H,16,18). The van der Waals surface area contributed by atoms with Crippen molar-refractivity contribution < 1.29 is 18.7 Å². The normalized spacial score (nSPS) is 10.4. The molecular weight excluding hydrogens is 263 g/mol. The van der Waals surface area contributed by atoms with Crippen LogP contribution in [0, 0.1) is 5.82 Å². The molecule has 0 saturated heterocycles. The molecule has 0 aliphatic carbocycles. The lowest BCUT2D eigenvalue weighted by atomic mass is 10.2. The lowest BCUT2D eigenvalue weighted by Crippen LogP contribution is -2.35. The number of nitrogens with one attached hydrogen (secondary N) is 1. The lowest BCUT2D eigenvalue weighted by molar-refractivity contribution is -0.140. The number of methoxy groups -OCH3 is 1. The van der Waals surface area contributed by atoms with Gasteiger partial charge in [-0.2, -0.15) is 0 Å². The number of carbonyl (C=O) groups is 2. The Morgan fingerprint density at radius 2 is 2.15 bits per heavy atom. The summed E-state index contributed by atoms with van der Waals surface area (Å²) in [5, 5.41) is 2.62. The number of esters is 1. The molecule has 1 N–H and O–H groups in total. The molecule has 0 heterocycles. The zero-order chi connectivity index (χ0) is 15.0. The van der Waals surface area contributed by atoms with Gasteiger partial charge in [-0.15, -0.1) is 0 Å². The molecule has 0 spiro atoms. The number of nitrogens with zero attached hydrogens (tertiary/aromatic N) is 1. The Bertz CT molecular complexity index is 465. The maximum Gasteiger partial charge on any atom is 0.307 e. The minimum atomic E-state index is -0.363. The fraction of sp³-hybridized carbons (Fsp3) is 0.429. The van der Waals surface area contributed by atoms with E-state index in [4.69, 9.17) is 0 Å². The summed E-state index contributed by atoms with van der Waals surface area (Å²) in [6, 6.07) is 6.25. The summed E-state index contributed by atoms with van der Waals surface area (Å²) in [4.78, 5) is 24.2. The van der Waals surface area contributed by atoms with Crippen LogP contribution in [0.4, 0.5) is 4.39 Å². The number of rotatable bonds is 7. The van der Waals surface area contributed by atoms with E-state index in [2.05, 4.69) is 10.1 Å². The van der Waals surface area contributed by atoms with Crippen LogP contribution in [0.5, 0.6) is 0 Å². The van der Waals surface area contributed by atoms with E-state index < -0.39 is 0 Å². The molecular formula is C14H19FN2O3. The summed E-state index contributed by atoms with van der Waals surface area (Å²) < 4.78 is 17.5. The van der Waals surface area contributed by atoms with Crippen LogP contribution in [0.3, 0.4) is 0 Å². The monoisotopic (exact) mass is 282 g/mol. The van der Waals surface area contributed by atoms with Crippen molar-refractivity contribution >= 4 is 11.9 Å². The Hall–Kier alpha value is -1.95. The molecule has 5 nitrogen and oxygen atoms in total. The first kappa shape index (κ1) is 16.1. The predicted molar refractivity (Wildman–Crippen MR) is 72.4 cm³/mol. The largest absolute Gasteiger partial charge is 0.469 e. The highest BCUT2D eigenvalue weighted by atomic mass is 19.1. The molecule has 1 rings (SSSR count). The predicted octanol–water partition coefficient (Wildman–Crippen LogP) is 0.937. The van der Waals surface area contributed by atoms with Gasteiger partial charge >= 0.3 is 5.97 Å². The van der Waals surface area contributed by atoms with Gasteiger partial charge in [0.15, 0.2) is 0 Å². The van der Waals surface area contributed by atoms with Crippen molar-refractivity contribution in [1.82, 2.24) is 10.2 Å².